The summed E-state index contributed by atoms with van der Waals surface area (Å²) in [6.45, 7) is -0.0325. The van der Waals surface area contributed by atoms with Crippen molar-refractivity contribution in [2.75, 3.05) is 13.7 Å². The highest BCUT2D eigenvalue weighted by molar-refractivity contribution is 4.96. The van der Waals surface area contributed by atoms with Crippen LogP contribution in [0.1, 0.15) is 11.6 Å². The normalized spacial score (nSPS) is 12.1. The molecule has 0 saturated heterocycles. The molecule has 1 aromatic heterocycles. The van der Waals surface area contributed by atoms with E-state index in [-0.39, 0.29) is 24.8 Å². The lowest BCUT2D eigenvalue weighted by Crippen LogP contribution is -2.18. The molecule has 0 fully saturated rings. The van der Waals surface area contributed by atoms with Gasteiger partial charge in [0.25, 0.3) is 0 Å². The van der Waals surface area contributed by atoms with Gasteiger partial charge in [0, 0.05) is 13.7 Å². The fourth-order valence-electron chi connectivity index (χ4n) is 1.24. The van der Waals surface area contributed by atoms with Crippen molar-refractivity contribution >= 4 is 0 Å². The van der Waals surface area contributed by atoms with Gasteiger partial charge in [0.2, 0.25) is 0 Å². The van der Waals surface area contributed by atoms with Gasteiger partial charge in [-0.25, -0.2) is 0 Å². The van der Waals surface area contributed by atoms with Crippen LogP contribution in [0, 0.1) is 0 Å². The van der Waals surface area contributed by atoms with E-state index in [0.29, 0.717) is 0 Å². The lowest BCUT2D eigenvalue weighted by molar-refractivity contribution is -0.129. The molecule has 0 saturated carbocycles. The molecule has 0 aliphatic carbocycles. The Balaban J connectivity index is 2.86. The molecule has 0 aliphatic heterocycles. The smallest absolute Gasteiger partial charge is 0.388 e. The van der Waals surface area contributed by atoms with Crippen molar-refractivity contribution in [2.24, 2.45) is 0 Å². The molecule has 1 rings (SSSR count). The molecule has 0 atom stereocenters. The van der Waals surface area contributed by atoms with Crippen LogP contribution in [0.4, 0.5) is 13.2 Å². The first-order valence-electron chi connectivity index (χ1n) is 4.55. The number of alkyl halides is 3. The van der Waals surface area contributed by atoms with Crippen LogP contribution in [0.5, 0.6) is 0 Å². The van der Waals surface area contributed by atoms with Crippen LogP contribution in [0.15, 0.2) is 0 Å². The maximum absolute atomic E-state index is 12.2. The Kier molecular flexibility index (Phi) is 4.25. The Labute approximate surface area is 89.9 Å². The number of aromatic nitrogens is 3. The van der Waals surface area contributed by atoms with Crippen molar-refractivity contribution < 1.29 is 23.0 Å². The van der Waals surface area contributed by atoms with E-state index in [4.69, 9.17) is 9.84 Å². The number of ether oxygens (including phenoxy) is 1. The van der Waals surface area contributed by atoms with Gasteiger partial charge in [0.15, 0.2) is 5.82 Å². The van der Waals surface area contributed by atoms with Crippen LogP contribution in [0.2, 0.25) is 0 Å². The van der Waals surface area contributed by atoms with Crippen molar-refractivity contribution in [1.82, 2.24) is 14.8 Å². The van der Waals surface area contributed by atoms with Crippen molar-refractivity contribution in [3.63, 3.8) is 0 Å². The van der Waals surface area contributed by atoms with Crippen LogP contribution in [0.25, 0.3) is 0 Å². The molecule has 0 amide bonds. The fourth-order valence-corrected chi connectivity index (χ4v) is 1.24. The standard InChI is InChI=1S/C8H12F3N3O2/c1-16-3-2-14-6(4-8(9,10)11)12-13-7(14)5-15/h15H,2-5H2,1H3. The van der Waals surface area contributed by atoms with Crippen molar-refractivity contribution in [1.29, 1.82) is 0 Å². The molecule has 1 aromatic rings. The molecule has 0 unspecified atom stereocenters. The van der Waals surface area contributed by atoms with E-state index in [1.807, 2.05) is 0 Å². The second kappa shape index (κ2) is 5.26. The maximum Gasteiger partial charge on any atom is 0.396 e. The topological polar surface area (TPSA) is 60.2 Å². The second-order valence-electron chi connectivity index (χ2n) is 3.13. The second-order valence-corrected chi connectivity index (χ2v) is 3.13. The lowest BCUT2D eigenvalue weighted by Gasteiger charge is -2.10. The summed E-state index contributed by atoms with van der Waals surface area (Å²) in [7, 11) is 1.44. The summed E-state index contributed by atoms with van der Waals surface area (Å²) in [6.07, 6.45) is -5.51. The number of aliphatic hydroxyl groups excluding tert-OH is 1. The molecule has 92 valence electrons. The van der Waals surface area contributed by atoms with Crippen LogP contribution in [0.3, 0.4) is 0 Å². The third-order valence-corrected chi connectivity index (χ3v) is 1.92. The molecule has 0 aliphatic rings. The minimum atomic E-state index is -4.34. The average Bonchev–Trinajstić information content (AvgIpc) is 2.55. The molecule has 0 bridgehead atoms. The maximum atomic E-state index is 12.2. The van der Waals surface area contributed by atoms with Gasteiger partial charge in [-0.2, -0.15) is 13.2 Å². The molecular weight excluding hydrogens is 227 g/mol. The third kappa shape index (κ3) is 3.46. The van der Waals surface area contributed by atoms with Gasteiger partial charge in [-0.15, -0.1) is 10.2 Å². The molecule has 0 aromatic carbocycles. The predicted octanol–water partition coefficient (Wildman–Crippen LogP) is 0.522. The Morgan fingerprint density at radius 2 is 1.94 bits per heavy atom. The largest absolute Gasteiger partial charge is 0.396 e. The molecule has 0 spiro atoms. The minimum absolute atomic E-state index is 0.108. The van der Waals surface area contributed by atoms with Gasteiger partial charge in [0.1, 0.15) is 18.9 Å². The van der Waals surface area contributed by atoms with Crippen LogP contribution in [-0.2, 0) is 24.3 Å². The highest BCUT2D eigenvalue weighted by atomic mass is 19.4. The van der Waals surface area contributed by atoms with Crippen LogP contribution < -0.4 is 0 Å². The van der Waals surface area contributed by atoms with E-state index < -0.39 is 19.2 Å². The monoisotopic (exact) mass is 239 g/mol. The van der Waals surface area contributed by atoms with Crippen LogP contribution >= 0.6 is 0 Å². The van der Waals surface area contributed by atoms with E-state index in [1.165, 1.54) is 11.7 Å². The molecule has 16 heavy (non-hydrogen) atoms. The van der Waals surface area contributed by atoms with Gasteiger partial charge >= 0.3 is 6.18 Å². The number of methoxy groups -OCH3 is 1. The number of nitrogens with zero attached hydrogens (tertiary/aromatic N) is 3. The first-order valence-corrected chi connectivity index (χ1v) is 4.55. The predicted molar refractivity (Wildman–Crippen MR) is 47.6 cm³/mol. The number of rotatable bonds is 5. The molecule has 1 heterocycles. The first-order chi connectivity index (χ1) is 7.48. The fraction of sp³-hybridized carbons (Fsp3) is 0.750. The van der Waals surface area contributed by atoms with Gasteiger partial charge in [-0.3, -0.25) is 0 Å². The Morgan fingerprint density at radius 3 is 2.44 bits per heavy atom. The summed E-state index contributed by atoms with van der Waals surface area (Å²) in [5, 5.41) is 15.8. The van der Waals surface area contributed by atoms with Crippen LogP contribution in [-0.4, -0.2) is 39.8 Å². The average molecular weight is 239 g/mol. The molecule has 8 heteroatoms. The summed E-state index contributed by atoms with van der Waals surface area (Å²) in [4.78, 5) is 0. The van der Waals surface area contributed by atoms with E-state index in [0.717, 1.165) is 0 Å². The van der Waals surface area contributed by atoms with Crippen molar-refractivity contribution in [3.05, 3.63) is 11.6 Å². The van der Waals surface area contributed by atoms with Gasteiger partial charge in [-0.1, -0.05) is 0 Å². The zero-order chi connectivity index (χ0) is 12.2. The molecular formula is C8H12F3N3O2. The van der Waals surface area contributed by atoms with Gasteiger partial charge in [0.05, 0.1) is 6.61 Å². The van der Waals surface area contributed by atoms with E-state index >= 15 is 0 Å². The summed E-state index contributed by atoms with van der Waals surface area (Å²) < 4.78 is 42.5. The SMILES string of the molecule is COCCn1c(CO)nnc1CC(F)(F)F. The third-order valence-electron chi connectivity index (χ3n) is 1.92. The number of halogens is 3. The van der Waals surface area contributed by atoms with Gasteiger partial charge in [-0.05, 0) is 0 Å². The van der Waals surface area contributed by atoms with E-state index in [2.05, 4.69) is 10.2 Å². The highest BCUT2D eigenvalue weighted by Gasteiger charge is 2.31. The Morgan fingerprint density at radius 1 is 1.31 bits per heavy atom. The Hall–Kier alpha value is -1.15. The lowest BCUT2D eigenvalue weighted by atomic mass is 10.4. The van der Waals surface area contributed by atoms with Crippen molar-refractivity contribution in [3.8, 4) is 0 Å². The quantitative estimate of drug-likeness (QED) is 0.813. The summed E-state index contributed by atoms with van der Waals surface area (Å²) in [5.74, 6) is -0.107. The minimum Gasteiger partial charge on any atom is -0.388 e. The van der Waals surface area contributed by atoms with E-state index in [9.17, 15) is 13.2 Å². The number of hydrogen-bond donors (Lipinski definition) is 1. The first kappa shape index (κ1) is 12.9. The highest BCUT2D eigenvalue weighted by Crippen LogP contribution is 2.20. The Bertz CT molecular complexity index is 338. The molecule has 5 nitrogen and oxygen atoms in total. The summed E-state index contributed by atoms with van der Waals surface area (Å²) in [6, 6.07) is 0. The molecule has 0 radical (unpaired) electrons. The zero-order valence-electron chi connectivity index (χ0n) is 8.66. The van der Waals surface area contributed by atoms with Crippen molar-refractivity contribution in [2.45, 2.75) is 25.7 Å². The van der Waals surface area contributed by atoms with E-state index in [1.54, 1.807) is 0 Å². The summed E-state index contributed by atoms with van der Waals surface area (Å²) >= 11 is 0. The summed E-state index contributed by atoms with van der Waals surface area (Å²) in [5.41, 5.74) is 0. The number of hydrogen-bond acceptors (Lipinski definition) is 4. The van der Waals surface area contributed by atoms with Gasteiger partial charge < -0.3 is 14.4 Å². The number of aliphatic hydroxyl groups is 1. The zero-order valence-corrected chi connectivity index (χ0v) is 8.66. The molecule has 1 N–H and O–H groups in total.